The molecule has 0 saturated heterocycles. The van der Waals surface area contributed by atoms with Gasteiger partial charge in [-0.3, -0.25) is 4.79 Å². The number of aromatic nitrogens is 4. The topological polar surface area (TPSA) is 112 Å². The van der Waals surface area contributed by atoms with Gasteiger partial charge in [0, 0.05) is 22.6 Å². The van der Waals surface area contributed by atoms with Crippen molar-refractivity contribution in [3.8, 4) is 22.5 Å². The van der Waals surface area contributed by atoms with Crippen molar-refractivity contribution in [1.29, 1.82) is 0 Å². The van der Waals surface area contributed by atoms with Gasteiger partial charge in [-0.1, -0.05) is 75.7 Å². The van der Waals surface area contributed by atoms with Crippen LogP contribution in [0.15, 0.2) is 48.5 Å². The second-order valence-electron chi connectivity index (χ2n) is 7.88. The molecule has 1 aromatic heterocycles. The van der Waals surface area contributed by atoms with Gasteiger partial charge in [-0.05, 0) is 34.2 Å². The highest BCUT2D eigenvalue weighted by Gasteiger charge is 2.32. The van der Waals surface area contributed by atoms with Crippen LogP contribution in [0.1, 0.15) is 49.6 Å². The summed E-state index contributed by atoms with van der Waals surface area (Å²) in [6.07, 6.45) is 0.0492. The summed E-state index contributed by atoms with van der Waals surface area (Å²) in [5.41, 5.74) is 3.39. The van der Waals surface area contributed by atoms with E-state index < -0.39 is 18.9 Å². The lowest BCUT2D eigenvalue weighted by Gasteiger charge is -2.32. The van der Waals surface area contributed by atoms with Crippen LogP contribution in [0, 0.1) is 5.92 Å². The molecule has 0 fully saturated rings. The summed E-state index contributed by atoms with van der Waals surface area (Å²) >= 11 is 0. The maximum atomic E-state index is 13.0. The Morgan fingerprint density at radius 1 is 1.12 bits per heavy atom. The fourth-order valence-corrected chi connectivity index (χ4v) is 3.70. The Kier molecular flexibility index (Phi) is 6.38. The number of benzene rings is 2. The van der Waals surface area contributed by atoms with E-state index in [9.17, 15) is 14.7 Å². The van der Waals surface area contributed by atoms with Gasteiger partial charge in [0.2, 0.25) is 11.7 Å². The molecule has 3 aromatic rings. The third-order valence-corrected chi connectivity index (χ3v) is 5.24. The smallest absolute Gasteiger partial charge is 0.326 e. The number of carbonyl (C=O) groups excluding carboxylic acids is 1. The Morgan fingerprint density at radius 3 is 2.44 bits per heavy atom. The summed E-state index contributed by atoms with van der Waals surface area (Å²) in [6.45, 7) is 1.48. The summed E-state index contributed by atoms with van der Waals surface area (Å²) in [6, 6.07) is 14.1. The zero-order chi connectivity index (χ0) is 25.6. The molecule has 168 valence electrons. The number of carboxylic acid groups (broad SMARTS) is 1. The van der Waals surface area contributed by atoms with E-state index in [0.717, 1.165) is 22.3 Å². The molecule has 3 rings (SSSR count). The number of nitrogens with zero attached hydrogens (tertiary/aromatic N) is 4. The molecule has 0 aliphatic rings. The zero-order valence-electron chi connectivity index (χ0n) is 21.2. The number of aliphatic carboxylic acids is 1. The van der Waals surface area contributed by atoms with Gasteiger partial charge in [0.05, 0.1) is 0 Å². The highest BCUT2D eigenvalue weighted by molar-refractivity contribution is 5.84. The number of amides is 1. The molecule has 1 amide bonds. The summed E-state index contributed by atoms with van der Waals surface area (Å²) in [7, 11) is 0. The number of H-pyrrole nitrogens is 1. The summed E-state index contributed by atoms with van der Waals surface area (Å²) in [5.74, 6) is -1.31. The van der Waals surface area contributed by atoms with E-state index in [1.54, 1.807) is 13.8 Å². The van der Waals surface area contributed by atoms with E-state index >= 15 is 0 Å². The van der Waals surface area contributed by atoms with Crippen molar-refractivity contribution in [2.45, 2.75) is 52.5 Å². The highest BCUT2D eigenvalue weighted by atomic mass is 16.4. The van der Waals surface area contributed by atoms with Crippen molar-refractivity contribution < 1.29 is 18.8 Å². The lowest BCUT2D eigenvalue weighted by atomic mass is 9.97. The Morgan fingerprint density at radius 2 is 1.84 bits per heavy atom. The van der Waals surface area contributed by atoms with Gasteiger partial charge in [-0.2, -0.15) is 5.21 Å². The maximum Gasteiger partial charge on any atom is 0.326 e. The van der Waals surface area contributed by atoms with Crippen LogP contribution in [0.25, 0.3) is 22.5 Å². The average molecular weight is 439 g/mol. The van der Waals surface area contributed by atoms with Crippen molar-refractivity contribution in [3.63, 3.8) is 0 Å². The second kappa shape index (κ2) is 10.7. The molecule has 2 aromatic carbocycles. The third kappa shape index (κ3) is 5.38. The Labute approximate surface area is 191 Å². The minimum absolute atomic E-state index is 0.0228. The van der Waals surface area contributed by atoms with Gasteiger partial charge in [-0.25, -0.2) is 4.79 Å². The minimum Gasteiger partial charge on any atom is -0.480 e. The molecule has 2 N–H and O–H groups in total. The van der Waals surface area contributed by atoms with Crippen LogP contribution in [0.2, 0.25) is 0 Å². The predicted molar refractivity (Wildman–Crippen MR) is 121 cm³/mol. The number of tetrazole rings is 1. The van der Waals surface area contributed by atoms with Gasteiger partial charge < -0.3 is 10.0 Å². The largest absolute Gasteiger partial charge is 0.480 e. The van der Waals surface area contributed by atoms with Crippen LogP contribution in [0.4, 0.5) is 0 Å². The first-order valence-corrected chi connectivity index (χ1v) is 10.5. The van der Waals surface area contributed by atoms with E-state index in [0.29, 0.717) is 5.82 Å². The van der Waals surface area contributed by atoms with Crippen LogP contribution in [-0.2, 0) is 16.1 Å². The summed E-state index contributed by atoms with van der Waals surface area (Å²) in [5, 5.41) is 24.0. The molecule has 8 nitrogen and oxygen atoms in total. The van der Waals surface area contributed by atoms with Crippen LogP contribution in [0.3, 0.4) is 0 Å². The van der Waals surface area contributed by atoms with Crippen molar-refractivity contribution in [2.75, 3.05) is 0 Å². The molecule has 0 aliphatic heterocycles. The molecule has 1 heterocycles. The van der Waals surface area contributed by atoms with E-state index in [-0.39, 0.29) is 37.6 Å². The zero-order valence-corrected chi connectivity index (χ0v) is 18.2. The normalized spacial score (nSPS) is 13.8. The van der Waals surface area contributed by atoms with Crippen molar-refractivity contribution in [2.24, 2.45) is 5.92 Å². The molecule has 0 unspecified atom stereocenters. The highest BCUT2D eigenvalue weighted by Crippen LogP contribution is 2.30. The molecule has 32 heavy (non-hydrogen) atoms. The van der Waals surface area contributed by atoms with E-state index in [1.807, 2.05) is 48.5 Å². The number of carbonyl (C=O) groups is 2. The minimum atomic E-state index is -2.12. The summed E-state index contributed by atoms with van der Waals surface area (Å²) < 4.78 is 22.0. The number of nitrogens with one attached hydrogen (secondary N) is 1. The van der Waals surface area contributed by atoms with Gasteiger partial charge in [-0.15, -0.1) is 10.2 Å². The van der Waals surface area contributed by atoms with Crippen LogP contribution < -0.4 is 0 Å². The van der Waals surface area contributed by atoms with E-state index in [1.165, 1.54) is 4.90 Å². The fraction of sp³-hybridized carbons (Fsp3) is 0.375. The second-order valence-corrected chi connectivity index (χ2v) is 7.88. The van der Waals surface area contributed by atoms with Gasteiger partial charge >= 0.3 is 5.97 Å². The van der Waals surface area contributed by atoms with Gasteiger partial charge in [0.1, 0.15) is 6.04 Å². The summed E-state index contributed by atoms with van der Waals surface area (Å²) in [4.78, 5) is 26.3. The third-order valence-electron chi connectivity index (χ3n) is 5.24. The predicted octanol–water partition coefficient (Wildman–Crippen LogP) is 4.16. The number of rotatable bonds is 10. The van der Waals surface area contributed by atoms with Gasteiger partial charge in [0.15, 0.2) is 0 Å². The van der Waals surface area contributed by atoms with Crippen LogP contribution in [0.5, 0.6) is 0 Å². The molecular weight excluding hydrogens is 406 g/mol. The number of hydrogen-bond acceptors (Lipinski definition) is 5. The first-order valence-electron chi connectivity index (χ1n) is 12.0. The van der Waals surface area contributed by atoms with Crippen LogP contribution >= 0.6 is 0 Å². The fourth-order valence-electron chi connectivity index (χ4n) is 3.70. The Balaban J connectivity index is 1.83. The molecule has 8 heteroatoms. The van der Waals surface area contributed by atoms with Crippen LogP contribution in [-0.4, -0.2) is 48.5 Å². The molecule has 0 bridgehead atoms. The molecular formula is C24H29N5O3. The van der Waals surface area contributed by atoms with Crippen molar-refractivity contribution in [3.05, 3.63) is 54.1 Å². The first-order chi connectivity index (χ1) is 16.6. The Bertz CT molecular complexity index is 1130. The van der Waals surface area contributed by atoms with Crippen molar-refractivity contribution >= 4 is 11.9 Å². The molecule has 0 spiro atoms. The molecule has 1 atom stereocenters. The molecule has 0 radical (unpaired) electrons. The lowest BCUT2D eigenvalue weighted by molar-refractivity contribution is -0.153. The lowest BCUT2D eigenvalue weighted by Crippen LogP contribution is -2.47. The van der Waals surface area contributed by atoms with Crippen molar-refractivity contribution in [1.82, 2.24) is 25.5 Å². The molecule has 0 saturated carbocycles. The van der Waals surface area contributed by atoms with E-state index in [2.05, 4.69) is 20.6 Å². The first kappa shape index (κ1) is 19.2. The number of aromatic amines is 1. The Hall–Kier alpha value is -3.55. The number of hydrogen-bond donors (Lipinski definition) is 2. The van der Waals surface area contributed by atoms with Gasteiger partial charge in [0.25, 0.3) is 0 Å². The average Bonchev–Trinajstić information content (AvgIpc) is 3.32. The quantitative estimate of drug-likeness (QED) is 0.491. The monoisotopic (exact) mass is 438 g/mol. The van der Waals surface area contributed by atoms with E-state index in [4.69, 9.17) is 4.11 Å². The number of carboxylic acids is 1. The molecule has 0 aliphatic carbocycles. The maximum absolute atomic E-state index is 13.0. The SMILES string of the molecule is [2H]C([2H])([2H])CCCC(=O)N(Cc1ccc(-c2ccccc2-c2nn[nH]n2)cc1)[C@H](C(=O)O)C(C)C. The standard InChI is InChI=1S/C24H29N5O3/c1-4-5-10-21(30)29(22(16(2)3)24(31)32)15-17-11-13-18(14-12-17)19-8-6-7-9-20(19)23-25-27-28-26-23/h6-9,11-14,16,22H,4-5,10,15H2,1-3H3,(H,31,32)(H,25,26,27,28)/t22-/m0/s1/i1D3.